The van der Waals surface area contributed by atoms with Gasteiger partial charge in [-0.15, -0.1) is 0 Å². The number of benzene rings is 1. The Kier molecular flexibility index (Phi) is 2.98. The van der Waals surface area contributed by atoms with Crippen molar-refractivity contribution in [2.75, 3.05) is 6.54 Å². The van der Waals surface area contributed by atoms with Crippen LogP contribution in [0, 0.1) is 5.82 Å². The van der Waals surface area contributed by atoms with Crippen LogP contribution in [0.4, 0.5) is 4.39 Å². The molecule has 1 N–H and O–H groups in total. The van der Waals surface area contributed by atoms with Crippen LogP contribution < -0.4 is 5.32 Å². The zero-order valence-electron chi connectivity index (χ0n) is 8.02. The van der Waals surface area contributed by atoms with Gasteiger partial charge < -0.3 is 5.32 Å². The van der Waals surface area contributed by atoms with E-state index >= 15 is 0 Å². The van der Waals surface area contributed by atoms with E-state index in [1.165, 1.54) is 6.07 Å². The minimum Gasteiger partial charge on any atom is -0.365 e. The van der Waals surface area contributed by atoms with E-state index in [1.807, 2.05) is 6.92 Å². The van der Waals surface area contributed by atoms with Gasteiger partial charge in [0, 0.05) is 15.5 Å². The van der Waals surface area contributed by atoms with Crippen LogP contribution in [0.2, 0.25) is 5.02 Å². The third kappa shape index (κ3) is 2.16. The van der Waals surface area contributed by atoms with Crippen LogP contribution in [0.5, 0.6) is 0 Å². The summed E-state index contributed by atoms with van der Waals surface area (Å²) < 4.78 is 14.3. The maximum absolute atomic E-state index is 13.7. The van der Waals surface area contributed by atoms with Crippen LogP contribution >= 0.6 is 27.5 Å². The number of nitrogens with zero attached hydrogens (tertiary/aromatic N) is 1. The molecular formula is C10H9BrClFN2. The van der Waals surface area contributed by atoms with Crippen molar-refractivity contribution in [1.29, 1.82) is 0 Å². The Hall–Kier alpha value is -0.610. The van der Waals surface area contributed by atoms with Crippen LogP contribution in [0.15, 0.2) is 21.6 Å². The largest absolute Gasteiger partial charge is 0.365 e. The Balaban J connectivity index is 2.45. The molecule has 1 unspecified atom stereocenters. The van der Waals surface area contributed by atoms with Crippen molar-refractivity contribution in [3.8, 4) is 0 Å². The minimum absolute atomic E-state index is 0.252. The molecule has 1 aliphatic heterocycles. The molecule has 1 aromatic rings. The van der Waals surface area contributed by atoms with Gasteiger partial charge in [-0.05, 0) is 35.0 Å². The van der Waals surface area contributed by atoms with Crippen molar-refractivity contribution in [3.05, 3.63) is 33.0 Å². The van der Waals surface area contributed by atoms with Crippen LogP contribution in [-0.4, -0.2) is 18.4 Å². The van der Waals surface area contributed by atoms with E-state index < -0.39 is 0 Å². The van der Waals surface area contributed by atoms with E-state index in [0.717, 1.165) is 0 Å². The Morgan fingerprint density at radius 1 is 1.60 bits per heavy atom. The van der Waals surface area contributed by atoms with Crippen LogP contribution in [-0.2, 0) is 0 Å². The van der Waals surface area contributed by atoms with Gasteiger partial charge in [-0.3, -0.25) is 4.99 Å². The third-order valence-electron chi connectivity index (χ3n) is 2.15. The Morgan fingerprint density at radius 2 is 2.33 bits per heavy atom. The van der Waals surface area contributed by atoms with Crippen molar-refractivity contribution in [2.45, 2.75) is 13.0 Å². The molecule has 0 bridgehead atoms. The smallest absolute Gasteiger partial charge is 0.136 e. The lowest BCUT2D eigenvalue weighted by Crippen LogP contribution is -2.28. The predicted octanol–water partition coefficient (Wildman–Crippen LogP) is 2.98. The lowest BCUT2D eigenvalue weighted by Gasteiger charge is -2.09. The molecule has 0 saturated heterocycles. The topological polar surface area (TPSA) is 24.4 Å². The number of aliphatic imine (C=N–C) groups is 1. The van der Waals surface area contributed by atoms with Gasteiger partial charge in [-0.1, -0.05) is 11.6 Å². The minimum atomic E-state index is -0.366. The van der Waals surface area contributed by atoms with Gasteiger partial charge in [0.05, 0.1) is 12.1 Å². The van der Waals surface area contributed by atoms with Crippen molar-refractivity contribution in [1.82, 2.24) is 5.32 Å². The maximum Gasteiger partial charge on any atom is 0.136 e. The molecular weight excluding hydrogens is 282 g/mol. The van der Waals surface area contributed by atoms with E-state index in [1.54, 1.807) is 6.07 Å². The van der Waals surface area contributed by atoms with Crippen molar-refractivity contribution in [2.24, 2.45) is 4.99 Å². The summed E-state index contributed by atoms with van der Waals surface area (Å²) in [6.07, 6.45) is 0. The zero-order valence-corrected chi connectivity index (χ0v) is 10.4. The van der Waals surface area contributed by atoms with Gasteiger partial charge in [0.2, 0.25) is 0 Å². The van der Waals surface area contributed by atoms with Crippen molar-refractivity contribution in [3.63, 3.8) is 0 Å². The van der Waals surface area contributed by atoms with Crippen LogP contribution in [0.1, 0.15) is 12.5 Å². The summed E-state index contributed by atoms with van der Waals surface area (Å²) in [6, 6.07) is 3.20. The average molecular weight is 292 g/mol. The molecule has 1 aliphatic rings. The molecule has 0 aliphatic carbocycles. The fourth-order valence-corrected chi connectivity index (χ4v) is 2.43. The van der Waals surface area contributed by atoms with E-state index in [9.17, 15) is 4.39 Å². The zero-order chi connectivity index (χ0) is 11.0. The van der Waals surface area contributed by atoms with Gasteiger partial charge in [-0.2, -0.15) is 0 Å². The number of rotatable bonds is 1. The van der Waals surface area contributed by atoms with Crippen LogP contribution in [0.3, 0.4) is 0 Å². The summed E-state index contributed by atoms with van der Waals surface area (Å²) in [4.78, 5) is 4.23. The second-order valence-electron chi connectivity index (χ2n) is 3.48. The number of hydrogen-bond acceptors (Lipinski definition) is 2. The molecule has 80 valence electrons. The first kappa shape index (κ1) is 10.9. The first-order chi connectivity index (χ1) is 7.08. The molecule has 15 heavy (non-hydrogen) atoms. The number of hydrogen-bond donors (Lipinski definition) is 1. The molecule has 2 nitrogen and oxygen atoms in total. The Labute approximate surface area is 101 Å². The van der Waals surface area contributed by atoms with Crippen molar-refractivity contribution >= 4 is 33.4 Å². The lowest BCUT2D eigenvalue weighted by atomic mass is 10.2. The SMILES string of the molecule is CC1CN=C(c2c(F)cc(Cl)cc2Br)N1. The van der Waals surface area contributed by atoms with Gasteiger partial charge >= 0.3 is 0 Å². The highest BCUT2D eigenvalue weighted by atomic mass is 79.9. The molecule has 0 spiro atoms. The molecule has 0 fully saturated rings. The highest BCUT2D eigenvalue weighted by Crippen LogP contribution is 2.26. The fraction of sp³-hybridized carbons (Fsp3) is 0.300. The monoisotopic (exact) mass is 290 g/mol. The third-order valence-corrected chi connectivity index (χ3v) is 2.99. The van der Waals surface area contributed by atoms with Gasteiger partial charge in [-0.25, -0.2) is 4.39 Å². The summed E-state index contributed by atoms with van der Waals surface area (Å²) in [5.74, 6) is 0.221. The second kappa shape index (κ2) is 4.10. The highest BCUT2D eigenvalue weighted by molar-refractivity contribution is 9.10. The highest BCUT2D eigenvalue weighted by Gasteiger charge is 2.20. The lowest BCUT2D eigenvalue weighted by molar-refractivity contribution is 0.623. The predicted molar refractivity (Wildman–Crippen MR) is 63.1 cm³/mol. The van der Waals surface area contributed by atoms with E-state index in [-0.39, 0.29) is 11.9 Å². The Bertz CT molecular complexity index is 410. The molecule has 2 rings (SSSR count). The quantitative estimate of drug-likeness (QED) is 0.845. The summed E-state index contributed by atoms with van der Waals surface area (Å²) in [6.45, 7) is 2.67. The number of amidine groups is 1. The summed E-state index contributed by atoms with van der Waals surface area (Å²) in [5.41, 5.74) is 0.448. The fourth-order valence-electron chi connectivity index (χ4n) is 1.47. The van der Waals surface area contributed by atoms with Gasteiger partial charge in [0.1, 0.15) is 11.7 Å². The summed E-state index contributed by atoms with van der Waals surface area (Å²) in [7, 11) is 0. The average Bonchev–Trinajstić information content (AvgIpc) is 2.49. The molecule has 0 saturated carbocycles. The summed E-state index contributed by atoms with van der Waals surface area (Å²) >= 11 is 9.01. The van der Waals surface area contributed by atoms with Crippen molar-refractivity contribution < 1.29 is 4.39 Å². The van der Waals surface area contributed by atoms with Gasteiger partial charge in [0.15, 0.2) is 0 Å². The Morgan fingerprint density at radius 3 is 2.87 bits per heavy atom. The molecule has 1 atom stereocenters. The number of nitrogens with one attached hydrogen (secondary N) is 1. The molecule has 0 amide bonds. The maximum atomic E-state index is 13.7. The van der Waals surface area contributed by atoms with E-state index in [0.29, 0.717) is 27.4 Å². The molecule has 1 heterocycles. The standard InChI is InChI=1S/C10H9BrClFN2/c1-5-4-14-10(15-5)9-7(11)2-6(12)3-8(9)13/h2-3,5H,4H2,1H3,(H,14,15). The first-order valence-corrected chi connectivity index (χ1v) is 5.71. The van der Waals surface area contributed by atoms with Gasteiger partial charge in [0.25, 0.3) is 0 Å². The molecule has 0 aromatic heterocycles. The molecule has 5 heteroatoms. The first-order valence-electron chi connectivity index (χ1n) is 4.54. The second-order valence-corrected chi connectivity index (χ2v) is 4.77. The normalized spacial score (nSPS) is 20.0. The van der Waals surface area contributed by atoms with Crippen LogP contribution in [0.25, 0.3) is 0 Å². The molecule has 1 aromatic carbocycles. The molecule has 0 radical (unpaired) electrons. The van der Waals surface area contributed by atoms with E-state index in [2.05, 4.69) is 26.2 Å². The van der Waals surface area contributed by atoms with E-state index in [4.69, 9.17) is 11.6 Å². The number of halogens is 3. The summed E-state index contributed by atoms with van der Waals surface area (Å²) in [5, 5.41) is 3.48.